The van der Waals surface area contributed by atoms with Crippen molar-refractivity contribution in [1.29, 1.82) is 0 Å². The molecule has 6 nitrogen and oxygen atoms in total. The van der Waals surface area contributed by atoms with Crippen molar-refractivity contribution >= 4 is 16.9 Å². The van der Waals surface area contributed by atoms with Gasteiger partial charge >= 0.3 is 5.97 Å². The van der Waals surface area contributed by atoms with Crippen LogP contribution in [0.2, 0.25) is 0 Å². The number of aromatic amines is 1. The summed E-state index contributed by atoms with van der Waals surface area (Å²) in [6.45, 7) is 1.80. The van der Waals surface area contributed by atoms with E-state index in [9.17, 15) is 14.7 Å². The topological polar surface area (TPSA) is 95.3 Å². The van der Waals surface area contributed by atoms with E-state index in [4.69, 9.17) is 5.11 Å². The van der Waals surface area contributed by atoms with Gasteiger partial charge in [-0.3, -0.25) is 4.79 Å². The third-order valence-corrected chi connectivity index (χ3v) is 4.02. The number of H-pyrrole nitrogens is 1. The summed E-state index contributed by atoms with van der Waals surface area (Å²) in [6, 6.07) is 7.60. The van der Waals surface area contributed by atoms with Crippen LogP contribution in [0.4, 0.5) is 0 Å². The number of carboxylic acid groups (broad SMARTS) is 1. The lowest BCUT2D eigenvalue weighted by molar-refractivity contribution is 0.0691. The van der Waals surface area contributed by atoms with E-state index in [0.717, 1.165) is 16.5 Å². The Bertz CT molecular complexity index is 982. The van der Waals surface area contributed by atoms with E-state index >= 15 is 0 Å². The van der Waals surface area contributed by atoms with Crippen molar-refractivity contribution in [1.82, 2.24) is 9.55 Å². The molecule has 0 bridgehead atoms. The molecule has 2 heterocycles. The number of aryl methyl sites for hydroxylation is 1. The smallest absolute Gasteiger partial charge is 0.345 e. The predicted molar refractivity (Wildman–Crippen MR) is 87.0 cm³/mol. The summed E-state index contributed by atoms with van der Waals surface area (Å²) in [5.41, 5.74) is 1.08. The highest BCUT2D eigenvalue weighted by molar-refractivity contribution is 5.96. The number of aromatic nitrogens is 2. The van der Waals surface area contributed by atoms with Crippen LogP contribution in [-0.4, -0.2) is 25.7 Å². The summed E-state index contributed by atoms with van der Waals surface area (Å²) >= 11 is 0. The Balaban J connectivity index is 2.42. The lowest BCUT2D eigenvalue weighted by Gasteiger charge is -2.13. The Morgan fingerprint density at radius 2 is 2.04 bits per heavy atom. The number of aromatic hydroxyl groups is 1. The summed E-state index contributed by atoms with van der Waals surface area (Å²) in [6.07, 6.45) is 2.29. The standard InChI is InChI=1S/C17H16N2O4/c1-3-10-13(18-16(21)12(15(10)20)17(22)23)11-6-4-5-9-7-8-19(2)14(9)11/h4-8H,3H2,1-2H3,(H,22,23)(H2,18,20,21). The summed E-state index contributed by atoms with van der Waals surface area (Å²) < 4.78 is 1.92. The molecule has 3 N–H and O–H groups in total. The Hall–Kier alpha value is -3.02. The number of nitrogens with zero attached hydrogens (tertiary/aromatic N) is 1. The van der Waals surface area contributed by atoms with Gasteiger partial charge in [0, 0.05) is 29.8 Å². The van der Waals surface area contributed by atoms with Crippen molar-refractivity contribution in [2.75, 3.05) is 0 Å². The number of carbonyl (C=O) groups is 1. The zero-order chi connectivity index (χ0) is 16.7. The molecule has 23 heavy (non-hydrogen) atoms. The summed E-state index contributed by atoms with van der Waals surface area (Å²) in [4.78, 5) is 25.9. The number of aromatic carboxylic acids is 1. The van der Waals surface area contributed by atoms with E-state index in [0.29, 0.717) is 17.7 Å². The molecule has 3 aromatic rings. The molecule has 2 aromatic heterocycles. The monoisotopic (exact) mass is 312 g/mol. The average Bonchev–Trinajstić information content (AvgIpc) is 2.88. The average molecular weight is 312 g/mol. The normalized spacial score (nSPS) is 11.0. The zero-order valence-electron chi connectivity index (χ0n) is 12.8. The summed E-state index contributed by atoms with van der Waals surface area (Å²) in [7, 11) is 1.89. The molecule has 0 aliphatic carbocycles. The highest BCUT2D eigenvalue weighted by Crippen LogP contribution is 2.34. The largest absolute Gasteiger partial charge is 0.506 e. The van der Waals surface area contributed by atoms with Crippen molar-refractivity contribution in [3.05, 3.63) is 51.9 Å². The van der Waals surface area contributed by atoms with E-state index < -0.39 is 22.8 Å². The molecule has 0 unspecified atom stereocenters. The van der Waals surface area contributed by atoms with E-state index in [1.807, 2.05) is 42.1 Å². The van der Waals surface area contributed by atoms with Crippen LogP contribution >= 0.6 is 0 Å². The molecule has 118 valence electrons. The van der Waals surface area contributed by atoms with Gasteiger partial charge in [0.2, 0.25) is 0 Å². The van der Waals surface area contributed by atoms with Crippen LogP contribution in [0.15, 0.2) is 35.3 Å². The third kappa shape index (κ3) is 2.19. The minimum absolute atomic E-state index is 0.388. The van der Waals surface area contributed by atoms with Gasteiger partial charge in [-0.1, -0.05) is 25.1 Å². The van der Waals surface area contributed by atoms with Crippen LogP contribution in [0.25, 0.3) is 22.2 Å². The fraction of sp³-hybridized carbons (Fsp3) is 0.176. The van der Waals surface area contributed by atoms with Crippen LogP contribution in [0, 0.1) is 0 Å². The first-order valence-electron chi connectivity index (χ1n) is 7.21. The van der Waals surface area contributed by atoms with E-state index in [2.05, 4.69) is 4.98 Å². The van der Waals surface area contributed by atoms with Crippen molar-refractivity contribution in [2.45, 2.75) is 13.3 Å². The maximum absolute atomic E-state index is 12.1. The van der Waals surface area contributed by atoms with E-state index in [1.165, 1.54) is 0 Å². The van der Waals surface area contributed by atoms with Gasteiger partial charge in [0.1, 0.15) is 5.75 Å². The van der Waals surface area contributed by atoms with Crippen molar-refractivity contribution < 1.29 is 15.0 Å². The maximum Gasteiger partial charge on any atom is 0.345 e. The van der Waals surface area contributed by atoms with Crippen LogP contribution in [0.3, 0.4) is 0 Å². The molecule has 0 atom stereocenters. The molecule has 0 fully saturated rings. The fourth-order valence-corrected chi connectivity index (χ4v) is 2.96. The SMILES string of the molecule is CCc1c(-c2cccc3ccn(C)c23)[nH]c(=O)c(C(=O)O)c1O. The van der Waals surface area contributed by atoms with Gasteiger partial charge in [-0.15, -0.1) is 0 Å². The minimum atomic E-state index is -1.44. The Labute approximate surface area is 131 Å². The molecule has 3 rings (SSSR count). The number of hydrogen-bond donors (Lipinski definition) is 3. The van der Waals surface area contributed by atoms with Gasteiger partial charge in [0.25, 0.3) is 5.56 Å². The molecular formula is C17H16N2O4. The van der Waals surface area contributed by atoms with Crippen LogP contribution < -0.4 is 5.56 Å². The van der Waals surface area contributed by atoms with Crippen molar-refractivity contribution in [3.63, 3.8) is 0 Å². The number of carboxylic acids is 1. The van der Waals surface area contributed by atoms with Gasteiger partial charge in [-0.25, -0.2) is 4.79 Å². The molecule has 0 spiro atoms. The second-order valence-electron chi connectivity index (χ2n) is 5.36. The number of rotatable bonds is 3. The number of benzene rings is 1. The van der Waals surface area contributed by atoms with E-state index in [-0.39, 0.29) is 0 Å². The Morgan fingerprint density at radius 3 is 2.70 bits per heavy atom. The molecule has 0 amide bonds. The molecular weight excluding hydrogens is 296 g/mol. The van der Waals surface area contributed by atoms with Crippen LogP contribution in [0.1, 0.15) is 22.8 Å². The fourth-order valence-electron chi connectivity index (χ4n) is 2.96. The van der Waals surface area contributed by atoms with E-state index in [1.54, 1.807) is 6.92 Å². The highest BCUT2D eigenvalue weighted by atomic mass is 16.4. The maximum atomic E-state index is 12.1. The van der Waals surface area contributed by atoms with Gasteiger partial charge < -0.3 is 19.8 Å². The summed E-state index contributed by atoms with van der Waals surface area (Å²) in [5.74, 6) is -1.91. The first-order chi connectivity index (χ1) is 11.0. The molecule has 0 saturated carbocycles. The van der Waals surface area contributed by atoms with Crippen LogP contribution in [-0.2, 0) is 13.5 Å². The summed E-state index contributed by atoms with van der Waals surface area (Å²) in [5, 5.41) is 20.4. The molecule has 6 heteroatoms. The quantitative estimate of drug-likeness (QED) is 0.692. The van der Waals surface area contributed by atoms with Gasteiger partial charge in [0.05, 0.1) is 11.2 Å². The highest BCUT2D eigenvalue weighted by Gasteiger charge is 2.22. The molecule has 0 radical (unpaired) electrons. The van der Waals surface area contributed by atoms with Gasteiger partial charge in [-0.05, 0) is 12.5 Å². The first kappa shape index (κ1) is 14.9. The molecule has 0 aliphatic rings. The lowest BCUT2D eigenvalue weighted by atomic mass is 9.99. The number of fused-ring (bicyclic) bond motifs is 1. The molecule has 0 aliphatic heterocycles. The third-order valence-electron chi connectivity index (χ3n) is 4.02. The second kappa shape index (κ2) is 5.31. The number of para-hydroxylation sites is 1. The number of hydrogen-bond acceptors (Lipinski definition) is 3. The Kier molecular flexibility index (Phi) is 3.44. The first-order valence-corrected chi connectivity index (χ1v) is 7.21. The number of pyridine rings is 1. The Morgan fingerprint density at radius 1 is 1.30 bits per heavy atom. The minimum Gasteiger partial charge on any atom is -0.506 e. The van der Waals surface area contributed by atoms with Crippen molar-refractivity contribution in [3.8, 4) is 17.0 Å². The van der Waals surface area contributed by atoms with Crippen molar-refractivity contribution in [2.24, 2.45) is 7.05 Å². The van der Waals surface area contributed by atoms with Gasteiger partial charge in [-0.2, -0.15) is 0 Å². The molecule has 0 saturated heterocycles. The second-order valence-corrected chi connectivity index (χ2v) is 5.36. The zero-order valence-corrected chi connectivity index (χ0v) is 12.8. The predicted octanol–water partition coefficient (Wildman–Crippen LogP) is 2.50. The van der Waals surface area contributed by atoms with Crippen LogP contribution in [0.5, 0.6) is 5.75 Å². The molecule has 1 aromatic carbocycles. The number of nitrogens with one attached hydrogen (secondary N) is 1. The van der Waals surface area contributed by atoms with Gasteiger partial charge in [0.15, 0.2) is 5.56 Å². The lowest BCUT2D eigenvalue weighted by Crippen LogP contribution is -2.20.